The number of rotatable bonds is 42. The van der Waals surface area contributed by atoms with Crippen LogP contribution in [-0.4, -0.2) is 142 Å². The number of hydrogen-bond acceptors (Lipinski definition) is 15. The number of allylic oxidation sites excluding steroid dienone is 8. The Morgan fingerprint density at radius 2 is 0.871 bits per heavy atom. The first-order valence-corrected chi connectivity index (χ1v) is 27.2. The van der Waals surface area contributed by atoms with Crippen molar-refractivity contribution in [2.75, 3.05) is 26.4 Å². The lowest BCUT2D eigenvalue weighted by Crippen LogP contribution is -2.61. The van der Waals surface area contributed by atoms with Gasteiger partial charge in [-0.1, -0.05) is 159 Å². The summed E-state index contributed by atoms with van der Waals surface area (Å²) < 4.78 is 33.6. The van der Waals surface area contributed by atoms with Crippen LogP contribution in [0, 0.1) is 0 Å². The first-order valence-electron chi connectivity index (χ1n) is 27.2. The minimum atomic E-state index is -1.77. The first-order chi connectivity index (χ1) is 34.0. The molecule has 15 heteroatoms. The van der Waals surface area contributed by atoms with E-state index >= 15 is 0 Å². The fraction of sp³-hybridized carbons (Fsp3) is 0.818. The molecule has 2 rings (SSSR count). The molecule has 2 saturated heterocycles. The van der Waals surface area contributed by atoms with Crippen LogP contribution in [0.5, 0.6) is 0 Å². The fourth-order valence-electron chi connectivity index (χ4n) is 8.29. The Kier molecular flexibility index (Phi) is 38.0. The number of hydrogen-bond donors (Lipinski definition) is 7. The summed E-state index contributed by atoms with van der Waals surface area (Å²) in [7, 11) is 0. The van der Waals surface area contributed by atoms with Crippen LogP contribution >= 0.6 is 0 Å². The maximum Gasteiger partial charge on any atom is 0.306 e. The topological polar surface area (TPSA) is 231 Å². The molecule has 0 bridgehead atoms. The van der Waals surface area contributed by atoms with Gasteiger partial charge >= 0.3 is 11.9 Å². The quantitative estimate of drug-likeness (QED) is 0.0173. The van der Waals surface area contributed by atoms with Crippen molar-refractivity contribution in [2.24, 2.45) is 0 Å². The lowest BCUT2D eigenvalue weighted by atomic mass is 9.98. The molecule has 0 radical (unpaired) electrons. The van der Waals surface area contributed by atoms with Crippen molar-refractivity contribution in [2.45, 2.75) is 261 Å². The predicted octanol–water partition coefficient (Wildman–Crippen LogP) is 8.27. The molecule has 0 aromatic rings. The summed E-state index contributed by atoms with van der Waals surface area (Å²) in [5.41, 5.74) is 0. The predicted molar refractivity (Wildman–Crippen MR) is 270 cm³/mol. The zero-order chi connectivity index (χ0) is 51.0. The highest BCUT2D eigenvalue weighted by Gasteiger charge is 2.47. The molecule has 0 amide bonds. The van der Waals surface area contributed by atoms with Gasteiger partial charge in [-0.15, -0.1) is 0 Å². The Bertz CT molecular complexity index is 1400. The molecule has 15 nitrogen and oxygen atoms in total. The molecule has 2 heterocycles. The molecule has 0 aromatic heterocycles. The van der Waals surface area contributed by atoms with E-state index in [0.717, 1.165) is 70.6 Å². The van der Waals surface area contributed by atoms with Crippen molar-refractivity contribution in [3.63, 3.8) is 0 Å². The second kappa shape index (κ2) is 41.9. The highest BCUT2D eigenvalue weighted by atomic mass is 16.7. The Hall–Kier alpha value is -2.54. The number of carbonyl (C=O) groups is 2. The third kappa shape index (κ3) is 29.2. The molecular weight excluding hydrogens is 901 g/mol. The molecule has 11 atom stereocenters. The van der Waals surface area contributed by atoms with Crippen LogP contribution in [-0.2, 0) is 38.0 Å². The van der Waals surface area contributed by atoms with Crippen LogP contribution in [0.15, 0.2) is 48.6 Å². The summed E-state index contributed by atoms with van der Waals surface area (Å²) in [5, 5.41) is 72.1. The van der Waals surface area contributed by atoms with Crippen LogP contribution in [0.4, 0.5) is 0 Å². The second-order valence-electron chi connectivity index (χ2n) is 19.0. The molecule has 2 aliphatic rings. The largest absolute Gasteiger partial charge is 0.462 e. The lowest BCUT2D eigenvalue weighted by Gasteiger charge is -2.42. The van der Waals surface area contributed by atoms with Gasteiger partial charge in [0, 0.05) is 12.8 Å². The van der Waals surface area contributed by atoms with Gasteiger partial charge in [0.25, 0.3) is 0 Å². The molecule has 0 aliphatic carbocycles. The zero-order valence-corrected chi connectivity index (χ0v) is 43.0. The normalized spacial score (nSPS) is 25.7. The minimum Gasteiger partial charge on any atom is -0.462 e. The van der Waals surface area contributed by atoms with E-state index in [0.29, 0.717) is 19.3 Å². The zero-order valence-electron chi connectivity index (χ0n) is 43.0. The summed E-state index contributed by atoms with van der Waals surface area (Å²) in [6, 6.07) is 0. The Labute approximate surface area is 420 Å². The SMILES string of the molecule is CCCCC/C=C/C/C=C/CCCCCCCCCC(=O)O[C@@H](COC(=O)CCC/C=C/C/C=C/CCCCCCCCCCC)CO[C@@H]1O[C@H](CO[C@@H]2O[C@H](CO)[C@H](O)C(O)C2O)[C@H](O)C(O)C1O. The van der Waals surface area contributed by atoms with Crippen LogP contribution in [0.1, 0.15) is 194 Å². The number of unbranched alkanes of at least 4 members (excludes halogenated alkanes) is 20. The van der Waals surface area contributed by atoms with Crippen molar-refractivity contribution in [3.05, 3.63) is 48.6 Å². The smallest absolute Gasteiger partial charge is 0.306 e. The van der Waals surface area contributed by atoms with E-state index in [2.05, 4.69) is 56.4 Å². The molecular formula is C55H96O15. The van der Waals surface area contributed by atoms with Crippen LogP contribution in [0.2, 0.25) is 0 Å². The number of aliphatic hydroxyl groups excluding tert-OH is 7. The second-order valence-corrected chi connectivity index (χ2v) is 19.0. The van der Waals surface area contributed by atoms with Gasteiger partial charge in [0.05, 0.1) is 19.8 Å². The van der Waals surface area contributed by atoms with E-state index in [4.69, 9.17) is 28.4 Å². The standard InChI is InChI=1S/C55H96O15/c1-3-5-7-9-11-13-15-17-19-21-23-25-27-29-31-33-35-37-46(57)65-40-43(68-47(58)38-36-34-32-30-28-26-24-22-20-18-16-14-12-10-8-6-4-2)41-66-54-53(64)51(62)49(60)45(70-54)42-67-55-52(63)50(61)48(59)44(39-56)69-55/h12,14,18,20,23,25,29,31,43-45,48-56,59-64H,3-11,13,15-17,19,21-22,24,26-28,30,32-42H2,1-2H3/b14-12+,20-18+,25-23+,31-29+/t43-,44+,45+,48-,49-,50?,51?,52?,53?,54+,55+/m0/s1. The molecule has 406 valence electrons. The molecule has 0 spiro atoms. The van der Waals surface area contributed by atoms with Gasteiger partial charge in [-0.05, 0) is 70.6 Å². The van der Waals surface area contributed by atoms with Gasteiger partial charge in [0.1, 0.15) is 55.4 Å². The van der Waals surface area contributed by atoms with Crippen LogP contribution in [0.25, 0.3) is 0 Å². The van der Waals surface area contributed by atoms with E-state index in [1.807, 2.05) is 6.08 Å². The lowest BCUT2D eigenvalue weighted by molar-refractivity contribution is -0.332. The molecule has 2 aliphatic heterocycles. The third-order valence-electron chi connectivity index (χ3n) is 12.8. The van der Waals surface area contributed by atoms with Crippen LogP contribution < -0.4 is 0 Å². The highest BCUT2D eigenvalue weighted by Crippen LogP contribution is 2.26. The van der Waals surface area contributed by atoms with E-state index in [-0.39, 0.29) is 19.4 Å². The number of esters is 2. The molecule has 7 N–H and O–H groups in total. The molecule has 4 unspecified atom stereocenters. The third-order valence-corrected chi connectivity index (χ3v) is 12.8. The Morgan fingerprint density at radius 3 is 1.40 bits per heavy atom. The van der Waals surface area contributed by atoms with Crippen molar-refractivity contribution in [1.29, 1.82) is 0 Å². The molecule has 0 saturated carbocycles. The van der Waals surface area contributed by atoms with Gasteiger partial charge in [-0.2, -0.15) is 0 Å². The first kappa shape index (κ1) is 63.6. The average molecular weight is 997 g/mol. The summed E-state index contributed by atoms with van der Waals surface area (Å²) >= 11 is 0. The van der Waals surface area contributed by atoms with Gasteiger partial charge < -0.3 is 64.2 Å². The van der Waals surface area contributed by atoms with E-state index in [9.17, 15) is 45.3 Å². The van der Waals surface area contributed by atoms with E-state index < -0.39 is 99.3 Å². The maximum atomic E-state index is 13.0. The van der Waals surface area contributed by atoms with Crippen molar-refractivity contribution < 1.29 is 73.8 Å². The summed E-state index contributed by atoms with van der Waals surface area (Å²) in [6.45, 7) is 2.52. The maximum absolute atomic E-state index is 13.0. The number of aliphatic hydroxyl groups is 7. The van der Waals surface area contributed by atoms with Crippen molar-refractivity contribution >= 4 is 11.9 Å². The van der Waals surface area contributed by atoms with Crippen molar-refractivity contribution in [1.82, 2.24) is 0 Å². The van der Waals surface area contributed by atoms with Crippen LogP contribution in [0.3, 0.4) is 0 Å². The summed E-state index contributed by atoms with van der Waals surface area (Å²) in [5.74, 6) is -0.986. The number of ether oxygens (including phenoxy) is 6. The summed E-state index contributed by atoms with van der Waals surface area (Å²) in [6.07, 6.45) is 30.0. The average Bonchev–Trinajstić information content (AvgIpc) is 3.35. The molecule has 0 aromatic carbocycles. The Morgan fingerprint density at radius 1 is 0.457 bits per heavy atom. The number of carbonyl (C=O) groups excluding carboxylic acids is 2. The molecule has 2 fully saturated rings. The van der Waals surface area contributed by atoms with Crippen molar-refractivity contribution in [3.8, 4) is 0 Å². The van der Waals surface area contributed by atoms with Gasteiger partial charge in [0.2, 0.25) is 0 Å². The van der Waals surface area contributed by atoms with Gasteiger partial charge in [-0.25, -0.2) is 0 Å². The fourth-order valence-corrected chi connectivity index (χ4v) is 8.29. The monoisotopic (exact) mass is 997 g/mol. The molecule has 70 heavy (non-hydrogen) atoms. The van der Waals surface area contributed by atoms with E-state index in [1.54, 1.807) is 0 Å². The summed E-state index contributed by atoms with van der Waals surface area (Å²) in [4.78, 5) is 25.8. The minimum absolute atomic E-state index is 0.147. The van der Waals surface area contributed by atoms with E-state index in [1.165, 1.54) is 77.0 Å². The Balaban J connectivity index is 1.81. The van der Waals surface area contributed by atoms with Gasteiger partial charge in [0.15, 0.2) is 18.7 Å². The highest BCUT2D eigenvalue weighted by molar-refractivity contribution is 5.70. The van der Waals surface area contributed by atoms with Gasteiger partial charge in [-0.3, -0.25) is 9.59 Å².